The SMILES string of the molecule is CCOc1cccc(C2/C(=C(\O)c3cc(OCC)ccc3Cl)C(=O)C(=O)N2c2cccc(Cl)c2)c1. The quantitative estimate of drug-likeness (QED) is 0.225. The Bertz CT molecular complexity index is 1320. The molecule has 0 bridgehead atoms. The van der Waals surface area contributed by atoms with Gasteiger partial charge in [-0.05, 0) is 67.9 Å². The molecule has 1 atom stereocenters. The molecule has 3 aromatic carbocycles. The molecule has 6 nitrogen and oxygen atoms in total. The van der Waals surface area contributed by atoms with Crippen molar-refractivity contribution in [1.82, 2.24) is 0 Å². The average Bonchev–Trinajstić information content (AvgIpc) is 3.11. The van der Waals surface area contributed by atoms with Gasteiger partial charge in [0, 0.05) is 16.3 Å². The van der Waals surface area contributed by atoms with Crippen molar-refractivity contribution in [2.75, 3.05) is 18.1 Å². The lowest BCUT2D eigenvalue weighted by atomic mass is 9.95. The average molecular weight is 512 g/mol. The van der Waals surface area contributed by atoms with Crippen LogP contribution in [-0.2, 0) is 9.59 Å². The van der Waals surface area contributed by atoms with Gasteiger partial charge in [0.25, 0.3) is 11.7 Å². The molecule has 0 aromatic heterocycles. The van der Waals surface area contributed by atoms with E-state index in [4.69, 9.17) is 32.7 Å². The van der Waals surface area contributed by atoms with E-state index >= 15 is 0 Å². The van der Waals surface area contributed by atoms with Crippen molar-refractivity contribution in [1.29, 1.82) is 0 Å². The molecular formula is C27H23Cl2NO5. The standard InChI is InChI=1S/C27H23Cl2NO5/c1-3-34-19-10-5-7-16(13-19)24-23(25(31)21-15-20(35-4-2)11-12-22(21)29)26(32)27(33)30(24)18-9-6-8-17(28)14-18/h5-15,24,31H,3-4H2,1-2H3/b25-23+. The minimum Gasteiger partial charge on any atom is -0.507 e. The van der Waals surface area contributed by atoms with Gasteiger partial charge in [-0.2, -0.15) is 0 Å². The molecule has 1 fully saturated rings. The monoisotopic (exact) mass is 511 g/mol. The molecule has 0 spiro atoms. The summed E-state index contributed by atoms with van der Waals surface area (Å²) in [7, 11) is 0. The zero-order valence-electron chi connectivity index (χ0n) is 19.1. The molecule has 180 valence electrons. The molecule has 0 aliphatic carbocycles. The van der Waals surface area contributed by atoms with E-state index in [0.717, 1.165) is 0 Å². The Hall–Kier alpha value is -3.48. The lowest BCUT2D eigenvalue weighted by Crippen LogP contribution is -2.29. The van der Waals surface area contributed by atoms with Gasteiger partial charge >= 0.3 is 0 Å². The van der Waals surface area contributed by atoms with Gasteiger partial charge in [0.2, 0.25) is 0 Å². The topological polar surface area (TPSA) is 76.1 Å². The molecule has 3 aromatic rings. The Kier molecular flexibility index (Phi) is 7.34. The maximum absolute atomic E-state index is 13.4. The first kappa shape index (κ1) is 24.6. The van der Waals surface area contributed by atoms with E-state index in [-0.39, 0.29) is 16.2 Å². The van der Waals surface area contributed by atoms with Gasteiger partial charge in [-0.25, -0.2) is 0 Å². The fourth-order valence-corrected chi connectivity index (χ4v) is 4.46. The number of anilines is 1. The fraction of sp³-hybridized carbons (Fsp3) is 0.185. The summed E-state index contributed by atoms with van der Waals surface area (Å²) >= 11 is 12.6. The van der Waals surface area contributed by atoms with E-state index in [2.05, 4.69) is 0 Å². The van der Waals surface area contributed by atoms with E-state index < -0.39 is 23.5 Å². The summed E-state index contributed by atoms with van der Waals surface area (Å²) in [6, 6.07) is 17.5. The number of aliphatic hydroxyl groups is 1. The molecule has 35 heavy (non-hydrogen) atoms. The second-order valence-corrected chi connectivity index (χ2v) is 8.57. The van der Waals surface area contributed by atoms with Crippen molar-refractivity contribution in [3.63, 3.8) is 0 Å². The molecule has 0 saturated carbocycles. The van der Waals surface area contributed by atoms with Crippen molar-refractivity contribution in [3.8, 4) is 11.5 Å². The number of carbonyl (C=O) groups is 2. The predicted octanol–water partition coefficient (Wildman–Crippen LogP) is 6.42. The van der Waals surface area contributed by atoms with Crippen LogP contribution >= 0.6 is 23.2 Å². The van der Waals surface area contributed by atoms with Crippen molar-refractivity contribution in [2.24, 2.45) is 0 Å². The van der Waals surface area contributed by atoms with E-state index in [9.17, 15) is 14.7 Å². The van der Waals surface area contributed by atoms with Gasteiger partial charge in [0.15, 0.2) is 0 Å². The van der Waals surface area contributed by atoms with E-state index in [1.807, 2.05) is 13.8 Å². The third-order valence-corrected chi connectivity index (χ3v) is 6.08. The largest absolute Gasteiger partial charge is 0.507 e. The summed E-state index contributed by atoms with van der Waals surface area (Å²) in [4.78, 5) is 28.0. The van der Waals surface area contributed by atoms with Crippen LogP contribution in [0.5, 0.6) is 11.5 Å². The second kappa shape index (κ2) is 10.4. The molecular weight excluding hydrogens is 489 g/mol. The van der Waals surface area contributed by atoms with Crippen LogP contribution in [-0.4, -0.2) is 30.0 Å². The normalized spacial score (nSPS) is 17.0. The summed E-state index contributed by atoms with van der Waals surface area (Å²) in [6.07, 6.45) is 0. The summed E-state index contributed by atoms with van der Waals surface area (Å²) in [6.45, 7) is 4.54. The van der Waals surface area contributed by atoms with Gasteiger partial charge in [0.05, 0.1) is 29.9 Å². The zero-order valence-corrected chi connectivity index (χ0v) is 20.6. The highest BCUT2D eigenvalue weighted by atomic mass is 35.5. The molecule has 4 rings (SSSR count). The number of ketones is 1. The molecule has 1 unspecified atom stereocenters. The lowest BCUT2D eigenvalue weighted by Gasteiger charge is -2.26. The van der Waals surface area contributed by atoms with Crippen LogP contribution in [0.15, 0.2) is 72.3 Å². The van der Waals surface area contributed by atoms with Gasteiger partial charge in [0.1, 0.15) is 17.3 Å². The molecule has 1 heterocycles. The lowest BCUT2D eigenvalue weighted by molar-refractivity contribution is -0.132. The number of amides is 1. The highest BCUT2D eigenvalue weighted by Crippen LogP contribution is 2.44. The number of rotatable bonds is 7. The molecule has 1 saturated heterocycles. The van der Waals surface area contributed by atoms with Gasteiger partial charge in [-0.15, -0.1) is 0 Å². The van der Waals surface area contributed by atoms with Gasteiger partial charge in [-0.1, -0.05) is 41.4 Å². The maximum Gasteiger partial charge on any atom is 0.300 e. The van der Waals surface area contributed by atoms with Crippen molar-refractivity contribution >= 4 is 46.3 Å². The van der Waals surface area contributed by atoms with Crippen molar-refractivity contribution < 1.29 is 24.2 Å². The number of nitrogens with zero attached hydrogens (tertiary/aromatic N) is 1. The highest BCUT2D eigenvalue weighted by Gasteiger charge is 2.47. The Morgan fingerprint density at radius 2 is 1.60 bits per heavy atom. The fourth-order valence-electron chi connectivity index (χ4n) is 4.07. The number of hydrogen-bond donors (Lipinski definition) is 1. The Labute approximate surface area is 213 Å². The summed E-state index contributed by atoms with van der Waals surface area (Å²) in [5.41, 5.74) is 1.08. The third-order valence-electron chi connectivity index (χ3n) is 5.52. The van der Waals surface area contributed by atoms with E-state index in [1.165, 1.54) is 4.90 Å². The highest BCUT2D eigenvalue weighted by molar-refractivity contribution is 6.52. The van der Waals surface area contributed by atoms with E-state index in [0.29, 0.717) is 41.0 Å². The molecule has 1 aliphatic rings. The van der Waals surface area contributed by atoms with Crippen LogP contribution < -0.4 is 14.4 Å². The Balaban J connectivity index is 1.96. The predicted molar refractivity (Wildman–Crippen MR) is 136 cm³/mol. The molecule has 1 N–H and O–H groups in total. The number of ether oxygens (including phenoxy) is 2. The van der Waals surface area contributed by atoms with Crippen molar-refractivity contribution in [2.45, 2.75) is 19.9 Å². The summed E-state index contributed by atoms with van der Waals surface area (Å²) < 4.78 is 11.2. The van der Waals surface area contributed by atoms with Crippen LogP contribution in [0.4, 0.5) is 5.69 Å². The Morgan fingerprint density at radius 1 is 0.914 bits per heavy atom. The summed E-state index contributed by atoms with van der Waals surface area (Å²) in [5.74, 6) is -0.994. The van der Waals surface area contributed by atoms with Gasteiger partial charge < -0.3 is 14.6 Å². The minimum atomic E-state index is -0.944. The summed E-state index contributed by atoms with van der Waals surface area (Å²) in [5, 5.41) is 12.0. The molecule has 1 amide bonds. The number of aliphatic hydroxyl groups excluding tert-OH is 1. The van der Waals surface area contributed by atoms with Gasteiger partial charge in [-0.3, -0.25) is 14.5 Å². The number of benzene rings is 3. The first-order chi connectivity index (χ1) is 16.8. The van der Waals surface area contributed by atoms with Crippen LogP contribution in [0.1, 0.15) is 31.0 Å². The second-order valence-electron chi connectivity index (χ2n) is 7.73. The molecule has 0 radical (unpaired) electrons. The first-order valence-electron chi connectivity index (χ1n) is 11.1. The van der Waals surface area contributed by atoms with Crippen LogP contribution in [0.3, 0.4) is 0 Å². The van der Waals surface area contributed by atoms with E-state index in [1.54, 1.807) is 66.7 Å². The van der Waals surface area contributed by atoms with Crippen LogP contribution in [0, 0.1) is 0 Å². The number of Topliss-reactive ketones (excluding diaryl/α,β-unsaturated/α-hetero) is 1. The number of carbonyl (C=O) groups excluding carboxylic acids is 2. The number of hydrogen-bond acceptors (Lipinski definition) is 5. The minimum absolute atomic E-state index is 0.0980. The zero-order chi connectivity index (χ0) is 25.1. The van der Waals surface area contributed by atoms with Crippen LogP contribution in [0.25, 0.3) is 5.76 Å². The van der Waals surface area contributed by atoms with Crippen LogP contribution in [0.2, 0.25) is 10.0 Å². The smallest absolute Gasteiger partial charge is 0.300 e. The number of halogens is 2. The Morgan fingerprint density at radius 3 is 2.29 bits per heavy atom. The molecule has 8 heteroatoms. The maximum atomic E-state index is 13.4. The first-order valence-corrected chi connectivity index (χ1v) is 11.8. The molecule has 1 aliphatic heterocycles. The third kappa shape index (κ3) is 4.85. The van der Waals surface area contributed by atoms with Crippen molar-refractivity contribution in [3.05, 3.63) is 93.5 Å².